The van der Waals surface area contributed by atoms with E-state index in [4.69, 9.17) is 13.9 Å². The molecule has 0 saturated heterocycles. The minimum atomic E-state index is -0.301. The van der Waals surface area contributed by atoms with Crippen molar-refractivity contribution in [1.82, 2.24) is 5.32 Å². The van der Waals surface area contributed by atoms with E-state index in [9.17, 15) is 9.90 Å². The summed E-state index contributed by atoms with van der Waals surface area (Å²) < 4.78 is 17.6. The molecular weight excluding hydrogens is 494 g/mol. The van der Waals surface area contributed by atoms with E-state index in [2.05, 4.69) is 37.2 Å². The number of ether oxygens (including phenoxy) is 2. The second kappa shape index (κ2) is 8.98. The molecule has 3 rings (SSSR count). The molecule has 0 atom stereocenters. The van der Waals surface area contributed by atoms with Crippen LogP contribution in [0.25, 0.3) is 11.0 Å². The second-order valence-electron chi connectivity index (χ2n) is 6.03. The number of benzene rings is 2. The highest BCUT2D eigenvalue weighted by molar-refractivity contribution is 9.11. The maximum absolute atomic E-state index is 12.5. The summed E-state index contributed by atoms with van der Waals surface area (Å²) in [6.07, 6.45) is 0.635. The molecule has 1 amide bonds. The predicted octanol–water partition coefficient (Wildman–Crippen LogP) is 4.44. The monoisotopic (exact) mass is 511 g/mol. The molecular formula is C20H19Br2NO5. The number of aliphatic hydroxyl groups excluding tert-OH is 1. The topological polar surface area (TPSA) is 80.9 Å². The van der Waals surface area contributed by atoms with Crippen molar-refractivity contribution in [2.24, 2.45) is 0 Å². The number of hydrogen-bond donors (Lipinski definition) is 2. The lowest BCUT2D eigenvalue weighted by atomic mass is 10.1. The largest absolute Gasteiger partial charge is 0.493 e. The Bertz CT molecular complexity index is 1020. The van der Waals surface area contributed by atoms with Crippen LogP contribution in [0.15, 0.2) is 43.7 Å². The van der Waals surface area contributed by atoms with E-state index in [1.54, 1.807) is 26.4 Å². The predicted molar refractivity (Wildman–Crippen MR) is 113 cm³/mol. The van der Waals surface area contributed by atoms with Gasteiger partial charge in [-0.25, -0.2) is 0 Å². The van der Waals surface area contributed by atoms with Crippen LogP contribution in [0.4, 0.5) is 0 Å². The highest BCUT2D eigenvalue weighted by atomic mass is 79.9. The molecule has 0 aliphatic carbocycles. The first-order valence-electron chi connectivity index (χ1n) is 8.48. The molecule has 28 heavy (non-hydrogen) atoms. The molecule has 3 aromatic rings. The van der Waals surface area contributed by atoms with E-state index in [0.29, 0.717) is 44.6 Å². The van der Waals surface area contributed by atoms with Crippen molar-refractivity contribution in [2.45, 2.75) is 13.0 Å². The van der Waals surface area contributed by atoms with Gasteiger partial charge < -0.3 is 24.3 Å². The van der Waals surface area contributed by atoms with Gasteiger partial charge in [-0.05, 0) is 52.2 Å². The Hall–Kier alpha value is -2.03. The third kappa shape index (κ3) is 4.19. The van der Waals surface area contributed by atoms with Gasteiger partial charge in [0.2, 0.25) is 0 Å². The fraction of sp³-hybridized carbons (Fsp3) is 0.250. The van der Waals surface area contributed by atoms with Gasteiger partial charge in [0.1, 0.15) is 5.58 Å². The Kier molecular flexibility index (Phi) is 6.64. The van der Waals surface area contributed by atoms with Crippen LogP contribution in [-0.4, -0.2) is 31.8 Å². The number of halogens is 2. The number of rotatable bonds is 7. The van der Waals surface area contributed by atoms with Gasteiger partial charge >= 0.3 is 0 Å². The van der Waals surface area contributed by atoms with Crippen LogP contribution in [-0.2, 0) is 13.0 Å². The molecule has 0 fully saturated rings. The second-order valence-corrected chi connectivity index (χ2v) is 7.67. The number of fused-ring (bicyclic) bond motifs is 1. The first-order chi connectivity index (χ1) is 13.5. The smallest absolute Gasteiger partial charge is 0.287 e. The third-order valence-corrected chi connectivity index (χ3v) is 5.95. The van der Waals surface area contributed by atoms with Crippen LogP contribution in [0.5, 0.6) is 11.5 Å². The van der Waals surface area contributed by atoms with Crippen molar-refractivity contribution in [3.05, 3.63) is 56.2 Å². The van der Waals surface area contributed by atoms with Crippen LogP contribution >= 0.6 is 31.9 Å². The van der Waals surface area contributed by atoms with E-state index >= 15 is 0 Å². The minimum absolute atomic E-state index is 0.130. The normalized spacial score (nSPS) is 10.9. The molecule has 2 aromatic carbocycles. The summed E-state index contributed by atoms with van der Waals surface area (Å²) in [6.45, 7) is 0.313. The maximum atomic E-state index is 12.5. The molecule has 0 saturated carbocycles. The van der Waals surface area contributed by atoms with E-state index in [-0.39, 0.29) is 18.3 Å². The Labute approximate surface area is 179 Å². The fourth-order valence-corrected chi connectivity index (χ4v) is 4.30. The quantitative estimate of drug-likeness (QED) is 0.489. The van der Waals surface area contributed by atoms with Gasteiger partial charge in [-0.1, -0.05) is 22.0 Å². The number of carbonyl (C=O) groups is 1. The van der Waals surface area contributed by atoms with Crippen LogP contribution in [0.2, 0.25) is 0 Å². The van der Waals surface area contributed by atoms with Gasteiger partial charge in [-0.15, -0.1) is 0 Å². The van der Waals surface area contributed by atoms with E-state index in [1.165, 1.54) is 0 Å². The van der Waals surface area contributed by atoms with Crippen molar-refractivity contribution in [3.8, 4) is 11.5 Å². The van der Waals surface area contributed by atoms with Gasteiger partial charge in [0.25, 0.3) is 5.91 Å². The van der Waals surface area contributed by atoms with Crippen molar-refractivity contribution in [1.29, 1.82) is 0 Å². The van der Waals surface area contributed by atoms with Crippen LogP contribution in [0.1, 0.15) is 21.7 Å². The summed E-state index contributed by atoms with van der Waals surface area (Å²) in [4.78, 5) is 12.5. The number of carbonyl (C=O) groups excluding carboxylic acids is 1. The first kappa shape index (κ1) is 20.7. The zero-order valence-corrected chi connectivity index (χ0v) is 18.5. The minimum Gasteiger partial charge on any atom is -0.493 e. The lowest BCUT2D eigenvalue weighted by molar-refractivity contribution is 0.0928. The third-order valence-electron chi connectivity index (χ3n) is 4.34. The summed E-state index contributed by atoms with van der Waals surface area (Å²) in [5.74, 6) is 1.23. The number of methoxy groups -OCH3 is 2. The molecule has 148 valence electrons. The molecule has 0 radical (unpaired) electrons. The number of hydrogen-bond acceptors (Lipinski definition) is 5. The standard InChI is InChI=1S/C20H19Br2NO5/c1-26-15-4-3-11(7-17(15)27-2)5-6-23-20(25)18-8-12-16(28-18)9-14(21)13(10-24)19(12)22/h3-4,7-9,24H,5-6,10H2,1-2H3,(H,23,25). The number of nitrogens with one attached hydrogen (secondary N) is 1. The van der Waals surface area contributed by atoms with Crippen molar-refractivity contribution in [2.75, 3.05) is 20.8 Å². The molecule has 1 aromatic heterocycles. The molecule has 0 aliphatic heterocycles. The lowest BCUT2D eigenvalue weighted by Crippen LogP contribution is -2.25. The Morgan fingerprint density at radius 1 is 1.14 bits per heavy atom. The van der Waals surface area contributed by atoms with Gasteiger partial charge in [-0.3, -0.25) is 4.79 Å². The summed E-state index contributed by atoms with van der Waals surface area (Å²) >= 11 is 6.85. The Morgan fingerprint density at radius 2 is 1.89 bits per heavy atom. The van der Waals surface area contributed by atoms with Crippen molar-refractivity contribution < 1.29 is 23.8 Å². The van der Waals surface area contributed by atoms with Gasteiger partial charge in [0, 0.05) is 26.4 Å². The van der Waals surface area contributed by atoms with Crippen molar-refractivity contribution >= 4 is 48.7 Å². The highest BCUT2D eigenvalue weighted by Crippen LogP contribution is 2.35. The Morgan fingerprint density at radius 3 is 2.57 bits per heavy atom. The molecule has 1 heterocycles. The number of amides is 1. The van der Waals surface area contributed by atoms with Gasteiger partial charge in [0.15, 0.2) is 17.3 Å². The summed E-state index contributed by atoms with van der Waals surface area (Å²) in [6, 6.07) is 9.06. The maximum Gasteiger partial charge on any atom is 0.287 e. The molecule has 0 unspecified atom stereocenters. The zero-order valence-electron chi connectivity index (χ0n) is 15.3. The summed E-state index contributed by atoms with van der Waals surface area (Å²) in [5.41, 5.74) is 2.27. The summed E-state index contributed by atoms with van der Waals surface area (Å²) in [5, 5.41) is 13.1. The van der Waals surface area contributed by atoms with Crippen LogP contribution in [0, 0.1) is 0 Å². The molecule has 0 bridgehead atoms. The average Bonchev–Trinajstić information content (AvgIpc) is 3.12. The first-order valence-corrected chi connectivity index (χ1v) is 10.1. The lowest BCUT2D eigenvalue weighted by Gasteiger charge is -2.09. The molecule has 6 nitrogen and oxygen atoms in total. The fourth-order valence-electron chi connectivity index (χ4n) is 2.85. The van der Waals surface area contributed by atoms with Crippen LogP contribution < -0.4 is 14.8 Å². The van der Waals surface area contributed by atoms with Crippen LogP contribution in [0.3, 0.4) is 0 Å². The molecule has 8 heteroatoms. The molecule has 0 spiro atoms. The molecule has 2 N–H and O–H groups in total. The van der Waals surface area contributed by atoms with E-state index in [1.807, 2.05) is 18.2 Å². The van der Waals surface area contributed by atoms with E-state index in [0.717, 1.165) is 10.9 Å². The SMILES string of the molecule is COc1ccc(CCNC(=O)c2cc3c(Br)c(CO)c(Br)cc3o2)cc1OC. The van der Waals surface area contributed by atoms with Gasteiger partial charge in [-0.2, -0.15) is 0 Å². The number of aliphatic hydroxyl groups is 1. The highest BCUT2D eigenvalue weighted by Gasteiger charge is 2.17. The zero-order chi connectivity index (χ0) is 20.3. The average molecular weight is 513 g/mol. The number of furan rings is 1. The molecule has 0 aliphatic rings. The van der Waals surface area contributed by atoms with Gasteiger partial charge in [0.05, 0.1) is 20.8 Å². The van der Waals surface area contributed by atoms with Crippen molar-refractivity contribution in [3.63, 3.8) is 0 Å². The summed E-state index contributed by atoms with van der Waals surface area (Å²) in [7, 11) is 3.18. The van der Waals surface area contributed by atoms with E-state index < -0.39 is 0 Å². The Balaban J connectivity index is 1.69.